The van der Waals surface area contributed by atoms with Gasteiger partial charge in [-0.2, -0.15) is 0 Å². The predicted molar refractivity (Wildman–Crippen MR) is 202 cm³/mol. The fourth-order valence-corrected chi connectivity index (χ4v) is 7.10. The van der Waals surface area contributed by atoms with Crippen LogP contribution in [0.25, 0.3) is 65.3 Å². The van der Waals surface area contributed by atoms with Gasteiger partial charge in [0, 0.05) is 17.1 Å². The Balaban J connectivity index is 1.11. The third-order valence-corrected chi connectivity index (χ3v) is 9.43. The second-order valence-corrected chi connectivity index (χ2v) is 12.2. The number of anilines is 3. The SMILES string of the molecule is c1ccc(N(c2ccc(-c3ccc4ccccc4c3)cc2)c2ccc(-c3cccc4c3ccc3ccc5ccccc5c34)cc2)cc1. The fourth-order valence-electron chi connectivity index (χ4n) is 7.10. The first-order chi connectivity index (χ1) is 23.3. The summed E-state index contributed by atoms with van der Waals surface area (Å²) in [4.78, 5) is 2.33. The highest BCUT2D eigenvalue weighted by atomic mass is 15.1. The Morgan fingerprint density at radius 3 is 1.62 bits per heavy atom. The summed E-state index contributed by atoms with van der Waals surface area (Å²) in [5.41, 5.74) is 8.25. The molecule has 0 radical (unpaired) electrons. The van der Waals surface area contributed by atoms with Crippen molar-refractivity contribution in [2.75, 3.05) is 4.90 Å². The molecule has 0 fully saturated rings. The van der Waals surface area contributed by atoms with E-state index in [9.17, 15) is 0 Å². The molecule has 0 bridgehead atoms. The van der Waals surface area contributed by atoms with Crippen molar-refractivity contribution in [1.82, 2.24) is 0 Å². The molecule has 9 aromatic carbocycles. The highest BCUT2D eigenvalue weighted by molar-refractivity contribution is 6.22. The second-order valence-electron chi connectivity index (χ2n) is 12.2. The molecule has 0 heterocycles. The Kier molecular flexibility index (Phi) is 6.54. The number of fused-ring (bicyclic) bond motifs is 6. The minimum atomic E-state index is 1.12. The molecule has 0 atom stereocenters. The third-order valence-electron chi connectivity index (χ3n) is 9.43. The van der Waals surface area contributed by atoms with Gasteiger partial charge >= 0.3 is 0 Å². The van der Waals surface area contributed by atoms with Crippen LogP contribution in [-0.2, 0) is 0 Å². The normalized spacial score (nSPS) is 11.4. The molecule has 0 saturated carbocycles. The van der Waals surface area contributed by atoms with Gasteiger partial charge in [-0.3, -0.25) is 0 Å². The van der Waals surface area contributed by atoms with E-state index in [0.29, 0.717) is 0 Å². The van der Waals surface area contributed by atoms with Gasteiger partial charge in [0.15, 0.2) is 0 Å². The number of hydrogen-bond acceptors (Lipinski definition) is 1. The third kappa shape index (κ3) is 4.81. The first-order valence-corrected chi connectivity index (χ1v) is 16.2. The molecule has 0 N–H and O–H groups in total. The van der Waals surface area contributed by atoms with Gasteiger partial charge in [-0.05, 0) is 108 Å². The first-order valence-electron chi connectivity index (χ1n) is 16.2. The number of hydrogen-bond donors (Lipinski definition) is 0. The number of nitrogens with zero attached hydrogens (tertiary/aromatic N) is 1. The molecule has 1 nitrogen and oxygen atoms in total. The molecule has 9 aromatic rings. The van der Waals surface area contributed by atoms with E-state index in [1.54, 1.807) is 0 Å². The average Bonchev–Trinajstić information content (AvgIpc) is 3.15. The van der Waals surface area contributed by atoms with E-state index < -0.39 is 0 Å². The Bertz CT molecular complexity index is 2550. The monoisotopic (exact) mass is 597 g/mol. The van der Waals surface area contributed by atoms with Crippen LogP contribution in [0.5, 0.6) is 0 Å². The van der Waals surface area contributed by atoms with Crippen molar-refractivity contribution in [3.8, 4) is 22.3 Å². The maximum Gasteiger partial charge on any atom is 0.0462 e. The van der Waals surface area contributed by atoms with Crippen LogP contribution >= 0.6 is 0 Å². The predicted octanol–water partition coefficient (Wildman–Crippen LogP) is 13.1. The van der Waals surface area contributed by atoms with Gasteiger partial charge in [-0.1, -0.05) is 146 Å². The van der Waals surface area contributed by atoms with E-state index in [-0.39, 0.29) is 0 Å². The van der Waals surface area contributed by atoms with E-state index in [0.717, 1.165) is 17.1 Å². The number of benzene rings is 9. The lowest BCUT2D eigenvalue weighted by atomic mass is 9.92. The van der Waals surface area contributed by atoms with E-state index in [1.165, 1.54) is 65.3 Å². The van der Waals surface area contributed by atoms with E-state index in [4.69, 9.17) is 0 Å². The van der Waals surface area contributed by atoms with Crippen molar-refractivity contribution in [2.24, 2.45) is 0 Å². The van der Waals surface area contributed by atoms with Crippen LogP contribution in [-0.4, -0.2) is 0 Å². The van der Waals surface area contributed by atoms with E-state index >= 15 is 0 Å². The lowest BCUT2D eigenvalue weighted by molar-refractivity contribution is 1.28. The van der Waals surface area contributed by atoms with Gasteiger partial charge < -0.3 is 4.90 Å². The summed E-state index contributed by atoms with van der Waals surface area (Å²) in [6, 6.07) is 68.2. The van der Waals surface area contributed by atoms with Crippen LogP contribution < -0.4 is 4.90 Å². The van der Waals surface area contributed by atoms with Crippen LogP contribution in [0.1, 0.15) is 0 Å². The highest BCUT2D eigenvalue weighted by Crippen LogP contribution is 2.39. The van der Waals surface area contributed by atoms with Crippen molar-refractivity contribution < 1.29 is 0 Å². The second kappa shape index (κ2) is 11.3. The summed E-state index contributed by atoms with van der Waals surface area (Å²) in [6.45, 7) is 0. The van der Waals surface area contributed by atoms with E-state index in [2.05, 4.69) is 193 Å². The molecule has 0 aliphatic rings. The molecule has 0 aliphatic heterocycles. The van der Waals surface area contributed by atoms with Crippen LogP contribution in [0.3, 0.4) is 0 Å². The average molecular weight is 598 g/mol. The zero-order valence-corrected chi connectivity index (χ0v) is 25.8. The topological polar surface area (TPSA) is 3.24 Å². The summed E-state index contributed by atoms with van der Waals surface area (Å²) < 4.78 is 0. The van der Waals surface area contributed by atoms with Gasteiger partial charge in [-0.25, -0.2) is 0 Å². The standard InChI is InChI=1S/C46H31N/c1-2-12-39(13-3-1)47(40-26-21-33(22-27-40)38-20-17-32-9-4-5-11-37(32)31-38)41-28-23-35(24-29-41)42-15-8-16-45-44(42)30-25-36-19-18-34-10-6-7-14-43(34)46(36)45/h1-31H. The fraction of sp³-hybridized carbons (Fsp3) is 0. The lowest BCUT2D eigenvalue weighted by Crippen LogP contribution is -2.09. The summed E-state index contributed by atoms with van der Waals surface area (Å²) >= 11 is 0. The van der Waals surface area contributed by atoms with Crippen LogP contribution in [0.2, 0.25) is 0 Å². The van der Waals surface area contributed by atoms with E-state index in [1.807, 2.05) is 0 Å². The minimum absolute atomic E-state index is 1.12. The lowest BCUT2D eigenvalue weighted by Gasteiger charge is -2.26. The molecule has 0 spiro atoms. The smallest absolute Gasteiger partial charge is 0.0462 e. The van der Waals surface area contributed by atoms with Crippen molar-refractivity contribution in [3.63, 3.8) is 0 Å². The minimum Gasteiger partial charge on any atom is -0.311 e. The quantitative estimate of drug-likeness (QED) is 0.178. The maximum absolute atomic E-state index is 2.33. The molecule has 0 amide bonds. The molecule has 47 heavy (non-hydrogen) atoms. The zero-order valence-electron chi connectivity index (χ0n) is 25.8. The van der Waals surface area contributed by atoms with Gasteiger partial charge in [0.1, 0.15) is 0 Å². The molecular weight excluding hydrogens is 567 g/mol. The van der Waals surface area contributed by atoms with Crippen molar-refractivity contribution in [1.29, 1.82) is 0 Å². The van der Waals surface area contributed by atoms with Crippen molar-refractivity contribution in [2.45, 2.75) is 0 Å². The Morgan fingerprint density at radius 1 is 0.277 bits per heavy atom. The molecule has 1 heteroatoms. The first kappa shape index (κ1) is 27.2. The molecule has 0 aliphatic carbocycles. The summed E-state index contributed by atoms with van der Waals surface area (Å²) in [7, 11) is 0. The molecule has 9 rings (SSSR count). The maximum atomic E-state index is 2.33. The van der Waals surface area contributed by atoms with Gasteiger partial charge in [-0.15, -0.1) is 0 Å². The summed E-state index contributed by atoms with van der Waals surface area (Å²) in [5.74, 6) is 0. The highest BCUT2D eigenvalue weighted by Gasteiger charge is 2.14. The van der Waals surface area contributed by atoms with Gasteiger partial charge in [0.05, 0.1) is 0 Å². The Hall–Kier alpha value is -6.18. The summed E-state index contributed by atoms with van der Waals surface area (Å²) in [6.07, 6.45) is 0. The van der Waals surface area contributed by atoms with Crippen LogP contribution in [0, 0.1) is 0 Å². The largest absolute Gasteiger partial charge is 0.311 e. The Morgan fingerprint density at radius 2 is 0.830 bits per heavy atom. The zero-order chi connectivity index (χ0) is 31.2. The summed E-state index contributed by atoms with van der Waals surface area (Å²) in [5, 5.41) is 10.2. The van der Waals surface area contributed by atoms with Crippen molar-refractivity contribution in [3.05, 3.63) is 188 Å². The van der Waals surface area contributed by atoms with Crippen molar-refractivity contribution >= 4 is 60.2 Å². The number of rotatable bonds is 5. The molecule has 0 aromatic heterocycles. The van der Waals surface area contributed by atoms with Crippen LogP contribution in [0.15, 0.2) is 188 Å². The van der Waals surface area contributed by atoms with Crippen LogP contribution in [0.4, 0.5) is 17.1 Å². The molecule has 0 unspecified atom stereocenters. The number of para-hydroxylation sites is 1. The van der Waals surface area contributed by atoms with Gasteiger partial charge in [0.25, 0.3) is 0 Å². The molecule has 0 saturated heterocycles. The molecule has 220 valence electrons. The Labute approximate surface area is 274 Å². The van der Waals surface area contributed by atoms with Gasteiger partial charge in [0.2, 0.25) is 0 Å². The molecular formula is C46H31N.